The number of rotatable bonds is 4. The van der Waals surface area contributed by atoms with Crippen molar-refractivity contribution < 1.29 is 4.79 Å². The van der Waals surface area contributed by atoms with Crippen LogP contribution in [0.5, 0.6) is 0 Å². The Bertz CT molecular complexity index is 398. The van der Waals surface area contributed by atoms with Crippen molar-refractivity contribution in [2.45, 2.75) is 25.8 Å². The number of nitrogen functional groups attached to an aromatic ring is 1. The highest BCUT2D eigenvalue weighted by Gasteiger charge is 2.32. The summed E-state index contributed by atoms with van der Waals surface area (Å²) in [6.45, 7) is 2.12. The SMILES string of the molecule is CC(C1CC1)N(C)C(=O)c1ccc(NN)cc1. The second-order valence-corrected chi connectivity index (χ2v) is 4.72. The number of hydrogen-bond acceptors (Lipinski definition) is 3. The zero-order valence-corrected chi connectivity index (χ0v) is 10.3. The number of benzene rings is 1. The van der Waals surface area contributed by atoms with Crippen LogP contribution in [0.2, 0.25) is 0 Å². The molecule has 1 aromatic rings. The maximum Gasteiger partial charge on any atom is 0.253 e. The zero-order valence-electron chi connectivity index (χ0n) is 10.3. The van der Waals surface area contributed by atoms with Crippen molar-refractivity contribution in [3.63, 3.8) is 0 Å². The van der Waals surface area contributed by atoms with Crippen LogP contribution in [-0.2, 0) is 0 Å². The Hall–Kier alpha value is -1.55. The van der Waals surface area contributed by atoms with E-state index in [4.69, 9.17) is 5.84 Å². The molecule has 1 unspecified atom stereocenters. The van der Waals surface area contributed by atoms with Gasteiger partial charge in [0.1, 0.15) is 0 Å². The summed E-state index contributed by atoms with van der Waals surface area (Å²) in [5.41, 5.74) is 4.06. The summed E-state index contributed by atoms with van der Waals surface area (Å²) < 4.78 is 0. The molecule has 0 aromatic heterocycles. The second kappa shape index (κ2) is 4.75. The number of hydrogen-bond donors (Lipinski definition) is 2. The molecule has 1 aliphatic rings. The topological polar surface area (TPSA) is 58.4 Å². The molecule has 1 fully saturated rings. The van der Waals surface area contributed by atoms with Crippen molar-refractivity contribution in [2.75, 3.05) is 12.5 Å². The molecule has 0 radical (unpaired) electrons. The van der Waals surface area contributed by atoms with Gasteiger partial charge in [0.25, 0.3) is 5.91 Å². The van der Waals surface area contributed by atoms with E-state index in [1.807, 2.05) is 24.1 Å². The summed E-state index contributed by atoms with van der Waals surface area (Å²) in [6, 6.07) is 7.54. The van der Waals surface area contributed by atoms with Gasteiger partial charge in [0, 0.05) is 24.3 Å². The third kappa shape index (κ3) is 2.58. The summed E-state index contributed by atoms with van der Waals surface area (Å²) in [5, 5.41) is 0. The van der Waals surface area contributed by atoms with Crippen molar-refractivity contribution in [3.05, 3.63) is 29.8 Å². The highest BCUT2D eigenvalue weighted by molar-refractivity contribution is 5.94. The van der Waals surface area contributed by atoms with E-state index in [0.717, 1.165) is 5.69 Å². The molecule has 0 bridgehead atoms. The molecule has 1 saturated carbocycles. The van der Waals surface area contributed by atoms with E-state index in [2.05, 4.69) is 12.3 Å². The van der Waals surface area contributed by atoms with Crippen LogP contribution in [0.4, 0.5) is 5.69 Å². The molecule has 0 spiro atoms. The van der Waals surface area contributed by atoms with Crippen LogP contribution >= 0.6 is 0 Å². The molecule has 92 valence electrons. The molecule has 17 heavy (non-hydrogen) atoms. The first kappa shape index (κ1) is 11.9. The summed E-state index contributed by atoms with van der Waals surface area (Å²) in [6.07, 6.45) is 2.49. The van der Waals surface area contributed by atoms with Gasteiger partial charge in [-0.15, -0.1) is 0 Å². The fraction of sp³-hybridized carbons (Fsp3) is 0.462. The Labute approximate surface area is 102 Å². The number of nitrogens with one attached hydrogen (secondary N) is 1. The van der Waals surface area contributed by atoms with Crippen molar-refractivity contribution >= 4 is 11.6 Å². The lowest BCUT2D eigenvalue weighted by molar-refractivity contribution is 0.0727. The molecule has 0 heterocycles. The number of nitrogens with zero attached hydrogens (tertiary/aromatic N) is 1. The highest BCUT2D eigenvalue weighted by atomic mass is 16.2. The lowest BCUT2D eigenvalue weighted by Gasteiger charge is -2.25. The molecular weight excluding hydrogens is 214 g/mol. The van der Waals surface area contributed by atoms with E-state index in [0.29, 0.717) is 17.5 Å². The molecule has 2 rings (SSSR count). The number of anilines is 1. The standard InChI is InChI=1S/C13H19N3O/c1-9(10-3-4-10)16(2)13(17)11-5-7-12(15-14)8-6-11/h5-10,15H,3-4,14H2,1-2H3. The minimum Gasteiger partial charge on any atom is -0.339 e. The number of hydrazine groups is 1. The Morgan fingerprint density at radius 1 is 1.41 bits per heavy atom. The molecule has 0 aliphatic heterocycles. The summed E-state index contributed by atoms with van der Waals surface area (Å²) in [5.74, 6) is 6.05. The molecule has 1 amide bonds. The monoisotopic (exact) mass is 233 g/mol. The molecule has 3 N–H and O–H groups in total. The van der Waals surface area contributed by atoms with Crippen LogP contribution in [0.25, 0.3) is 0 Å². The van der Waals surface area contributed by atoms with Gasteiger partial charge in [-0.25, -0.2) is 0 Å². The lowest BCUT2D eigenvalue weighted by Crippen LogP contribution is -2.36. The van der Waals surface area contributed by atoms with E-state index in [-0.39, 0.29) is 5.91 Å². The molecule has 1 aliphatic carbocycles. The average Bonchev–Trinajstić information content (AvgIpc) is 3.20. The van der Waals surface area contributed by atoms with Crippen molar-refractivity contribution in [1.29, 1.82) is 0 Å². The van der Waals surface area contributed by atoms with E-state index in [1.54, 1.807) is 12.1 Å². The predicted molar refractivity (Wildman–Crippen MR) is 68.5 cm³/mol. The van der Waals surface area contributed by atoms with Crippen LogP contribution in [0.1, 0.15) is 30.1 Å². The number of carbonyl (C=O) groups is 1. The molecule has 1 atom stereocenters. The van der Waals surface area contributed by atoms with Crippen LogP contribution in [-0.4, -0.2) is 23.9 Å². The Morgan fingerprint density at radius 2 is 2.00 bits per heavy atom. The van der Waals surface area contributed by atoms with Crippen LogP contribution in [0.15, 0.2) is 24.3 Å². The number of nitrogens with two attached hydrogens (primary N) is 1. The molecule has 0 saturated heterocycles. The van der Waals surface area contributed by atoms with Crippen LogP contribution in [0, 0.1) is 5.92 Å². The molecule has 4 heteroatoms. The van der Waals surface area contributed by atoms with E-state index < -0.39 is 0 Å². The fourth-order valence-electron chi connectivity index (χ4n) is 1.99. The maximum atomic E-state index is 12.2. The Kier molecular flexibility index (Phi) is 3.33. The van der Waals surface area contributed by atoms with Gasteiger partial charge in [-0.05, 0) is 49.9 Å². The summed E-state index contributed by atoms with van der Waals surface area (Å²) in [4.78, 5) is 14.0. The van der Waals surface area contributed by atoms with Crippen molar-refractivity contribution in [3.8, 4) is 0 Å². The second-order valence-electron chi connectivity index (χ2n) is 4.72. The Balaban J connectivity index is 2.06. The van der Waals surface area contributed by atoms with Gasteiger partial charge in [0.05, 0.1) is 0 Å². The Morgan fingerprint density at radius 3 is 2.47 bits per heavy atom. The quantitative estimate of drug-likeness (QED) is 0.616. The van der Waals surface area contributed by atoms with E-state index in [9.17, 15) is 4.79 Å². The van der Waals surface area contributed by atoms with Gasteiger partial charge >= 0.3 is 0 Å². The highest BCUT2D eigenvalue weighted by Crippen LogP contribution is 2.35. The third-order valence-electron chi connectivity index (χ3n) is 3.53. The summed E-state index contributed by atoms with van der Waals surface area (Å²) >= 11 is 0. The zero-order chi connectivity index (χ0) is 12.4. The first-order valence-electron chi connectivity index (χ1n) is 5.97. The van der Waals surface area contributed by atoms with Crippen molar-refractivity contribution in [1.82, 2.24) is 4.90 Å². The van der Waals surface area contributed by atoms with E-state index >= 15 is 0 Å². The largest absolute Gasteiger partial charge is 0.339 e. The normalized spacial score (nSPS) is 16.4. The van der Waals surface area contributed by atoms with Gasteiger partial charge in [-0.3, -0.25) is 10.6 Å². The predicted octanol–water partition coefficient (Wildman–Crippen LogP) is 1.84. The fourth-order valence-corrected chi connectivity index (χ4v) is 1.99. The van der Waals surface area contributed by atoms with Crippen LogP contribution < -0.4 is 11.3 Å². The van der Waals surface area contributed by atoms with Gasteiger partial charge in [0.2, 0.25) is 0 Å². The van der Waals surface area contributed by atoms with Crippen molar-refractivity contribution in [2.24, 2.45) is 11.8 Å². The van der Waals surface area contributed by atoms with Gasteiger partial charge in [-0.2, -0.15) is 0 Å². The van der Waals surface area contributed by atoms with Crippen LogP contribution in [0.3, 0.4) is 0 Å². The smallest absolute Gasteiger partial charge is 0.253 e. The third-order valence-corrected chi connectivity index (χ3v) is 3.53. The van der Waals surface area contributed by atoms with Gasteiger partial charge < -0.3 is 10.3 Å². The molecule has 1 aromatic carbocycles. The number of carbonyl (C=O) groups excluding carboxylic acids is 1. The first-order chi connectivity index (χ1) is 8.13. The summed E-state index contributed by atoms with van der Waals surface area (Å²) in [7, 11) is 1.88. The maximum absolute atomic E-state index is 12.2. The van der Waals surface area contributed by atoms with Gasteiger partial charge in [-0.1, -0.05) is 0 Å². The van der Waals surface area contributed by atoms with E-state index in [1.165, 1.54) is 12.8 Å². The average molecular weight is 233 g/mol. The minimum absolute atomic E-state index is 0.0768. The molecular formula is C13H19N3O. The van der Waals surface area contributed by atoms with Gasteiger partial charge in [0.15, 0.2) is 0 Å². The minimum atomic E-state index is 0.0768. The lowest BCUT2D eigenvalue weighted by atomic mass is 10.1. The number of amides is 1. The molecule has 4 nitrogen and oxygen atoms in total. The first-order valence-corrected chi connectivity index (χ1v) is 5.97.